The van der Waals surface area contributed by atoms with Gasteiger partial charge in [0.15, 0.2) is 0 Å². The van der Waals surface area contributed by atoms with Crippen molar-refractivity contribution in [2.45, 2.75) is 31.1 Å². The highest BCUT2D eigenvalue weighted by Crippen LogP contribution is 2.16. The predicted octanol–water partition coefficient (Wildman–Crippen LogP) is 3.62. The molecular formula is C12H17N3OS. The van der Waals surface area contributed by atoms with Gasteiger partial charge in [0, 0.05) is 22.1 Å². The molecule has 0 aliphatic carbocycles. The SMILES string of the molecule is CC(C)c1ccc(S(=O)CCCN=[N+]=[N-])cc1. The van der Waals surface area contributed by atoms with Crippen molar-refractivity contribution in [2.75, 3.05) is 12.3 Å². The second-order valence-corrected chi connectivity index (χ2v) is 5.65. The van der Waals surface area contributed by atoms with Crippen molar-refractivity contribution in [1.29, 1.82) is 0 Å². The molecule has 0 amide bonds. The zero-order valence-electron chi connectivity index (χ0n) is 10.2. The van der Waals surface area contributed by atoms with Crippen molar-refractivity contribution < 1.29 is 4.21 Å². The molecule has 1 aromatic rings. The largest absolute Gasteiger partial charge is 0.254 e. The summed E-state index contributed by atoms with van der Waals surface area (Å²) >= 11 is 0. The molecular weight excluding hydrogens is 234 g/mol. The van der Waals surface area contributed by atoms with Crippen LogP contribution in [-0.4, -0.2) is 16.5 Å². The van der Waals surface area contributed by atoms with E-state index >= 15 is 0 Å². The highest BCUT2D eigenvalue weighted by molar-refractivity contribution is 7.85. The van der Waals surface area contributed by atoms with E-state index in [0.29, 0.717) is 24.6 Å². The Kier molecular flexibility index (Phi) is 5.73. The van der Waals surface area contributed by atoms with Gasteiger partial charge >= 0.3 is 0 Å². The average Bonchev–Trinajstić information content (AvgIpc) is 2.34. The van der Waals surface area contributed by atoms with Gasteiger partial charge in [-0.1, -0.05) is 31.1 Å². The van der Waals surface area contributed by atoms with E-state index < -0.39 is 10.8 Å². The molecule has 0 bridgehead atoms. The van der Waals surface area contributed by atoms with Gasteiger partial charge in [-0.25, -0.2) is 0 Å². The third kappa shape index (κ3) is 4.59. The maximum Gasteiger partial charge on any atom is 0.0529 e. The second kappa shape index (κ2) is 7.09. The van der Waals surface area contributed by atoms with Crippen molar-refractivity contribution in [1.82, 2.24) is 0 Å². The van der Waals surface area contributed by atoms with E-state index in [2.05, 4.69) is 23.9 Å². The van der Waals surface area contributed by atoms with Gasteiger partial charge in [0.1, 0.15) is 0 Å². The summed E-state index contributed by atoms with van der Waals surface area (Å²) in [6.07, 6.45) is 0.655. The standard InChI is InChI=1S/C12H17N3OS/c1-10(2)11-4-6-12(7-5-11)17(16)9-3-8-14-15-13/h4-7,10H,3,8-9H2,1-2H3. The molecule has 0 saturated carbocycles. The van der Waals surface area contributed by atoms with E-state index in [1.54, 1.807) is 0 Å². The van der Waals surface area contributed by atoms with Crippen LogP contribution in [0.25, 0.3) is 10.4 Å². The average molecular weight is 251 g/mol. The minimum absolute atomic E-state index is 0.409. The first-order chi connectivity index (χ1) is 8.15. The zero-order chi connectivity index (χ0) is 12.7. The summed E-state index contributed by atoms with van der Waals surface area (Å²) in [6, 6.07) is 7.87. The molecule has 1 aromatic carbocycles. The number of benzene rings is 1. The van der Waals surface area contributed by atoms with Crippen LogP contribution in [-0.2, 0) is 10.8 Å². The fourth-order valence-corrected chi connectivity index (χ4v) is 2.50. The van der Waals surface area contributed by atoms with Crippen LogP contribution in [0.3, 0.4) is 0 Å². The first-order valence-electron chi connectivity index (χ1n) is 5.64. The Morgan fingerprint density at radius 3 is 2.53 bits per heavy atom. The Morgan fingerprint density at radius 1 is 1.35 bits per heavy atom. The first kappa shape index (κ1) is 13.7. The molecule has 5 heteroatoms. The monoisotopic (exact) mass is 251 g/mol. The Bertz CT molecular complexity index is 422. The molecule has 17 heavy (non-hydrogen) atoms. The number of hydrogen-bond acceptors (Lipinski definition) is 2. The molecule has 0 heterocycles. The summed E-state index contributed by atoms with van der Waals surface area (Å²) in [4.78, 5) is 3.51. The van der Waals surface area contributed by atoms with Gasteiger partial charge in [0.2, 0.25) is 0 Å². The van der Waals surface area contributed by atoms with E-state index in [-0.39, 0.29) is 0 Å². The van der Waals surface area contributed by atoms with Crippen LogP contribution >= 0.6 is 0 Å². The maximum absolute atomic E-state index is 11.9. The summed E-state index contributed by atoms with van der Waals surface area (Å²) in [5, 5.41) is 3.42. The summed E-state index contributed by atoms with van der Waals surface area (Å²) in [7, 11) is -0.992. The van der Waals surface area contributed by atoms with Crippen molar-refractivity contribution >= 4 is 10.8 Å². The molecule has 0 radical (unpaired) electrons. The van der Waals surface area contributed by atoms with Gasteiger partial charge in [0.05, 0.1) is 10.8 Å². The lowest BCUT2D eigenvalue weighted by Gasteiger charge is -2.06. The smallest absolute Gasteiger partial charge is 0.0529 e. The zero-order valence-corrected chi connectivity index (χ0v) is 11.0. The van der Waals surface area contributed by atoms with Crippen molar-refractivity contribution in [3.05, 3.63) is 40.3 Å². The van der Waals surface area contributed by atoms with Crippen LogP contribution in [0.2, 0.25) is 0 Å². The Hall–Kier alpha value is -1.32. The van der Waals surface area contributed by atoms with Crippen LogP contribution in [0, 0.1) is 0 Å². The van der Waals surface area contributed by atoms with E-state index in [1.165, 1.54) is 5.56 Å². The van der Waals surface area contributed by atoms with Gasteiger partial charge in [0.25, 0.3) is 0 Å². The normalized spacial score (nSPS) is 12.2. The summed E-state index contributed by atoms with van der Waals surface area (Å²) in [5.41, 5.74) is 9.36. The van der Waals surface area contributed by atoms with E-state index in [1.807, 2.05) is 24.3 Å². The van der Waals surface area contributed by atoms with Gasteiger partial charge in [-0.15, -0.1) is 0 Å². The lowest BCUT2D eigenvalue weighted by molar-refractivity contribution is 0.680. The second-order valence-electron chi connectivity index (χ2n) is 4.08. The maximum atomic E-state index is 11.9. The molecule has 0 aliphatic rings. The van der Waals surface area contributed by atoms with Crippen LogP contribution in [0.15, 0.2) is 34.3 Å². The van der Waals surface area contributed by atoms with E-state index in [9.17, 15) is 4.21 Å². The van der Waals surface area contributed by atoms with Crippen LogP contribution in [0.5, 0.6) is 0 Å². The highest BCUT2D eigenvalue weighted by atomic mass is 32.2. The topological polar surface area (TPSA) is 65.8 Å². The lowest BCUT2D eigenvalue weighted by atomic mass is 10.0. The first-order valence-corrected chi connectivity index (χ1v) is 6.96. The number of nitrogens with zero attached hydrogens (tertiary/aromatic N) is 3. The minimum Gasteiger partial charge on any atom is -0.254 e. The van der Waals surface area contributed by atoms with Gasteiger partial charge < -0.3 is 0 Å². The Labute approximate surface area is 104 Å². The Balaban J connectivity index is 2.54. The van der Waals surface area contributed by atoms with Gasteiger partial charge in [-0.05, 0) is 35.6 Å². The van der Waals surface area contributed by atoms with Crippen molar-refractivity contribution in [3.8, 4) is 0 Å². The molecule has 0 fully saturated rings. The molecule has 92 valence electrons. The molecule has 1 unspecified atom stereocenters. The molecule has 1 atom stereocenters. The number of hydrogen-bond donors (Lipinski definition) is 0. The third-order valence-electron chi connectivity index (χ3n) is 2.46. The lowest BCUT2D eigenvalue weighted by Crippen LogP contribution is -2.00. The molecule has 1 rings (SSSR count). The summed E-state index contributed by atoms with van der Waals surface area (Å²) in [6.45, 7) is 4.67. The fourth-order valence-electron chi connectivity index (χ4n) is 1.43. The summed E-state index contributed by atoms with van der Waals surface area (Å²) in [5.74, 6) is 1.03. The fraction of sp³-hybridized carbons (Fsp3) is 0.500. The molecule has 0 spiro atoms. The molecule has 0 aromatic heterocycles. The van der Waals surface area contributed by atoms with Gasteiger partial charge in [-0.2, -0.15) is 0 Å². The number of rotatable bonds is 6. The van der Waals surface area contributed by atoms with E-state index in [4.69, 9.17) is 5.53 Å². The van der Waals surface area contributed by atoms with E-state index in [0.717, 1.165) is 4.90 Å². The Morgan fingerprint density at radius 2 is 2.00 bits per heavy atom. The number of azide groups is 1. The minimum atomic E-state index is -0.992. The quantitative estimate of drug-likeness (QED) is 0.329. The van der Waals surface area contributed by atoms with Crippen LogP contribution in [0.4, 0.5) is 0 Å². The summed E-state index contributed by atoms with van der Waals surface area (Å²) < 4.78 is 11.9. The molecule has 4 nitrogen and oxygen atoms in total. The highest BCUT2D eigenvalue weighted by Gasteiger charge is 2.04. The van der Waals surface area contributed by atoms with Crippen molar-refractivity contribution in [3.63, 3.8) is 0 Å². The predicted molar refractivity (Wildman–Crippen MR) is 70.4 cm³/mol. The third-order valence-corrected chi connectivity index (χ3v) is 3.92. The molecule has 0 saturated heterocycles. The van der Waals surface area contributed by atoms with Crippen LogP contribution < -0.4 is 0 Å². The van der Waals surface area contributed by atoms with Crippen LogP contribution in [0.1, 0.15) is 31.7 Å². The van der Waals surface area contributed by atoms with Crippen molar-refractivity contribution in [2.24, 2.45) is 5.11 Å². The molecule has 0 aliphatic heterocycles. The van der Waals surface area contributed by atoms with Gasteiger partial charge in [-0.3, -0.25) is 4.21 Å². The molecule has 0 N–H and O–H groups in total.